The van der Waals surface area contributed by atoms with E-state index in [-0.39, 0.29) is 30.2 Å². The van der Waals surface area contributed by atoms with Gasteiger partial charge in [0.25, 0.3) is 0 Å². The van der Waals surface area contributed by atoms with Crippen molar-refractivity contribution in [2.75, 3.05) is 6.61 Å². The highest BCUT2D eigenvalue weighted by Crippen LogP contribution is 2.28. The van der Waals surface area contributed by atoms with Crippen LogP contribution in [0.25, 0.3) is 11.0 Å². The van der Waals surface area contributed by atoms with Crippen LogP contribution < -0.4 is 14.9 Å². The second-order valence-corrected chi connectivity index (χ2v) is 7.24. The molecule has 33 heavy (non-hydrogen) atoms. The Bertz CT molecular complexity index is 1340. The molecular formula is C26H21FO6. The number of fused-ring (bicyclic) bond motifs is 1. The summed E-state index contributed by atoms with van der Waals surface area (Å²) >= 11 is 0. The van der Waals surface area contributed by atoms with E-state index in [2.05, 4.69) is 0 Å². The standard InChI is InChI=1S/C26H21FO6/c1-3-30-26(29)18-6-10-20(11-7-18)33-25-16(2)32-23-14-21(12-13-22(23)24(25)28)31-15-17-4-8-19(27)9-5-17/h4-14H,3,15H2,1-2H3. The van der Waals surface area contributed by atoms with Gasteiger partial charge in [-0.25, -0.2) is 9.18 Å². The van der Waals surface area contributed by atoms with E-state index in [0.29, 0.717) is 33.8 Å². The molecule has 0 saturated heterocycles. The van der Waals surface area contributed by atoms with Gasteiger partial charge in [-0.1, -0.05) is 12.1 Å². The minimum Gasteiger partial charge on any atom is -0.489 e. The Morgan fingerprint density at radius 3 is 2.36 bits per heavy atom. The van der Waals surface area contributed by atoms with Gasteiger partial charge in [-0.2, -0.15) is 0 Å². The smallest absolute Gasteiger partial charge is 0.338 e. The molecule has 0 bridgehead atoms. The zero-order valence-corrected chi connectivity index (χ0v) is 18.1. The van der Waals surface area contributed by atoms with Crippen molar-refractivity contribution in [1.82, 2.24) is 0 Å². The number of rotatable bonds is 7. The number of ether oxygens (including phenoxy) is 3. The van der Waals surface area contributed by atoms with Crippen LogP contribution in [-0.4, -0.2) is 12.6 Å². The Morgan fingerprint density at radius 2 is 1.67 bits per heavy atom. The summed E-state index contributed by atoms with van der Waals surface area (Å²) in [5.74, 6) is 0.524. The molecular weight excluding hydrogens is 427 g/mol. The number of esters is 1. The molecule has 1 heterocycles. The lowest BCUT2D eigenvalue weighted by atomic mass is 10.2. The van der Waals surface area contributed by atoms with Gasteiger partial charge < -0.3 is 18.6 Å². The zero-order chi connectivity index (χ0) is 23.4. The SMILES string of the molecule is CCOC(=O)c1ccc(Oc2c(C)oc3cc(OCc4ccc(F)cc4)ccc3c2=O)cc1. The number of carbonyl (C=O) groups excluding carboxylic acids is 1. The number of aryl methyl sites for hydroxylation is 1. The van der Waals surface area contributed by atoms with Gasteiger partial charge in [0.05, 0.1) is 17.6 Å². The van der Waals surface area contributed by atoms with Gasteiger partial charge in [0.2, 0.25) is 11.2 Å². The summed E-state index contributed by atoms with van der Waals surface area (Å²) in [6.07, 6.45) is 0. The first-order chi connectivity index (χ1) is 15.9. The third kappa shape index (κ3) is 5.03. The lowest BCUT2D eigenvalue weighted by Gasteiger charge is -2.11. The largest absolute Gasteiger partial charge is 0.489 e. The van der Waals surface area contributed by atoms with Crippen molar-refractivity contribution in [3.8, 4) is 17.2 Å². The maximum atomic E-state index is 13.0. The molecule has 0 amide bonds. The first kappa shape index (κ1) is 22.1. The van der Waals surface area contributed by atoms with E-state index in [9.17, 15) is 14.0 Å². The molecule has 0 aliphatic rings. The summed E-state index contributed by atoms with van der Waals surface area (Å²) in [6, 6.07) is 17.2. The first-order valence-electron chi connectivity index (χ1n) is 10.3. The predicted octanol–water partition coefficient (Wildman–Crippen LogP) is 5.79. The number of hydrogen-bond donors (Lipinski definition) is 0. The lowest BCUT2D eigenvalue weighted by Crippen LogP contribution is -2.08. The molecule has 4 rings (SSSR count). The first-order valence-corrected chi connectivity index (χ1v) is 10.3. The minimum absolute atomic E-state index is 0.0614. The van der Waals surface area contributed by atoms with Gasteiger partial charge in [-0.3, -0.25) is 4.79 Å². The van der Waals surface area contributed by atoms with Crippen LogP contribution in [0.1, 0.15) is 28.6 Å². The van der Waals surface area contributed by atoms with Gasteiger partial charge in [0, 0.05) is 6.07 Å². The summed E-state index contributed by atoms with van der Waals surface area (Å²) in [6.45, 7) is 3.90. The quantitative estimate of drug-likeness (QED) is 0.333. The van der Waals surface area contributed by atoms with Crippen molar-refractivity contribution in [2.24, 2.45) is 0 Å². The van der Waals surface area contributed by atoms with Crippen LogP contribution in [0.15, 0.2) is 75.9 Å². The van der Waals surface area contributed by atoms with Crippen LogP contribution in [0, 0.1) is 12.7 Å². The van der Waals surface area contributed by atoms with Crippen LogP contribution in [0.5, 0.6) is 17.2 Å². The average molecular weight is 448 g/mol. The predicted molar refractivity (Wildman–Crippen MR) is 120 cm³/mol. The number of hydrogen-bond acceptors (Lipinski definition) is 6. The summed E-state index contributed by atoms with van der Waals surface area (Å²) in [5, 5.41) is 0.341. The van der Waals surface area contributed by atoms with E-state index in [1.165, 1.54) is 12.1 Å². The molecule has 7 heteroatoms. The maximum absolute atomic E-state index is 13.0. The number of carbonyl (C=O) groups is 1. The topological polar surface area (TPSA) is 75.0 Å². The van der Waals surface area contributed by atoms with Gasteiger partial charge in [-0.05, 0) is 67.9 Å². The molecule has 0 aliphatic heterocycles. The van der Waals surface area contributed by atoms with Crippen LogP contribution in [-0.2, 0) is 11.3 Å². The van der Waals surface area contributed by atoms with Gasteiger partial charge >= 0.3 is 5.97 Å². The summed E-state index contributed by atoms with van der Waals surface area (Å²) in [5.41, 5.74) is 1.24. The van der Waals surface area contributed by atoms with Crippen LogP contribution >= 0.6 is 0 Å². The average Bonchev–Trinajstić information content (AvgIpc) is 2.82. The van der Waals surface area contributed by atoms with Crippen molar-refractivity contribution in [3.05, 3.63) is 99.7 Å². The van der Waals surface area contributed by atoms with Gasteiger partial charge in [0.1, 0.15) is 35.3 Å². The van der Waals surface area contributed by atoms with Crippen molar-refractivity contribution < 1.29 is 27.8 Å². The van der Waals surface area contributed by atoms with Crippen LogP contribution in [0.2, 0.25) is 0 Å². The number of halogens is 1. The van der Waals surface area contributed by atoms with Gasteiger partial charge in [-0.15, -0.1) is 0 Å². The van der Waals surface area contributed by atoms with Crippen molar-refractivity contribution in [3.63, 3.8) is 0 Å². The second-order valence-electron chi connectivity index (χ2n) is 7.24. The van der Waals surface area contributed by atoms with Crippen molar-refractivity contribution in [2.45, 2.75) is 20.5 Å². The highest BCUT2D eigenvalue weighted by molar-refractivity contribution is 5.89. The molecule has 0 radical (unpaired) electrons. The molecule has 0 saturated carbocycles. The Morgan fingerprint density at radius 1 is 0.970 bits per heavy atom. The Labute approximate surface area is 189 Å². The molecule has 0 aliphatic carbocycles. The molecule has 0 N–H and O–H groups in total. The van der Waals surface area contributed by atoms with E-state index >= 15 is 0 Å². The van der Waals surface area contributed by atoms with Crippen LogP contribution in [0.4, 0.5) is 4.39 Å². The molecule has 4 aromatic rings. The summed E-state index contributed by atoms with van der Waals surface area (Å²) < 4.78 is 35.3. The molecule has 0 atom stereocenters. The second kappa shape index (κ2) is 9.56. The summed E-state index contributed by atoms with van der Waals surface area (Å²) in [7, 11) is 0. The summed E-state index contributed by atoms with van der Waals surface area (Å²) in [4.78, 5) is 24.8. The normalized spacial score (nSPS) is 10.8. The molecule has 1 aromatic heterocycles. The Balaban J connectivity index is 1.54. The zero-order valence-electron chi connectivity index (χ0n) is 18.1. The minimum atomic E-state index is -0.428. The highest BCUT2D eigenvalue weighted by atomic mass is 19.1. The van der Waals surface area contributed by atoms with E-state index in [4.69, 9.17) is 18.6 Å². The fourth-order valence-corrected chi connectivity index (χ4v) is 3.21. The van der Waals surface area contributed by atoms with E-state index in [1.807, 2.05) is 0 Å². The number of benzene rings is 3. The third-order valence-electron chi connectivity index (χ3n) is 4.89. The molecule has 6 nitrogen and oxygen atoms in total. The van der Waals surface area contributed by atoms with Crippen molar-refractivity contribution >= 4 is 16.9 Å². The molecule has 0 fully saturated rings. The maximum Gasteiger partial charge on any atom is 0.338 e. The molecule has 3 aromatic carbocycles. The van der Waals surface area contributed by atoms with E-state index < -0.39 is 5.97 Å². The molecule has 0 unspecified atom stereocenters. The Kier molecular flexibility index (Phi) is 6.40. The Hall–Kier alpha value is -4.13. The van der Waals surface area contributed by atoms with Crippen molar-refractivity contribution in [1.29, 1.82) is 0 Å². The van der Waals surface area contributed by atoms with E-state index in [0.717, 1.165) is 5.56 Å². The highest BCUT2D eigenvalue weighted by Gasteiger charge is 2.15. The van der Waals surface area contributed by atoms with Crippen LogP contribution in [0.3, 0.4) is 0 Å². The monoisotopic (exact) mass is 448 g/mol. The molecule has 168 valence electrons. The third-order valence-corrected chi connectivity index (χ3v) is 4.89. The van der Waals surface area contributed by atoms with E-state index in [1.54, 1.807) is 68.4 Å². The lowest BCUT2D eigenvalue weighted by molar-refractivity contribution is 0.0526. The fourth-order valence-electron chi connectivity index (χ4n) is 3.21. The fraction of sp³-hybridized carbons (Fsp3) is 0.154. The van der Waals surface area contributed by atoms with Gasteiger partial charge in [0.15, 0.2) is 0 Å². The molecule has 0 spiro atoms.